The lowest BCUT2D eigenvalue weighted by Gasteiger charge is -2.59. The molecule has 2 aromatic carbocycles. The molecule has 2 aromatic rings. The zero-order valence-electron chi connectivity index (χ0n) is 13.2. The van der Waals surface area contributed by atoms with Crippen LogP contribution in [0.25, 0.3) is 0 Å². The fourth-order valence-corrected chi connectivity index (χ4v) is 3.71. The molecule has 0 saturated carbocycles. The van der Waals surface area contributed by atoms with Gasteiger partial charge in [-0.05, 0) is 37.4 Å². The van der Waals surface area contributed by atoms with E-state index >= 15 is 0 Å². The molecule has 0 N–H and O–H groups in total. The average molecular weight is 308 g/mol. The molecule has 118 valence electrons. The summed E-state index contributed by atoms with van der Waals surface area (Å²) in [5, 5.41) is 0. The van der Waals surface area contributed by atoms with Gasteiger partial charge in [0.05, 0.1) is 0 Å². The highest BCUT2D eigenvalue weighted by Gasteiger charge is 2.51. The number of nitrogens with zero attached hydrogens (tertiary/aromatic N) is 2. The first-order valence-electron chi connectivity index (χ1n) is 7.94. The second-order valence-electron chi connectivity index (χ2n) is 6.78. The predicted molar refractivity (Wildman–Crippen MR) is 88.8 cm³/mol. The molecule has 0 radical (unpaired) electrons. The minimum Gasteiger partial charge on any atom is -0.457 e. The number of hydrogen-bond donors (Lipinski definition) is 0. The van der Waals surface area contributed by atoms with Crippen LogP contribution in [-0.4, -0.2) is 48.9 Å². The molecule has 1 amide bonds. The van der Waals surface area contributed by atoms with Crippen molar-refractivity contribution in [2.75, 3.05) is 33.2 Å². The molecule has 2 aliphatic heterocycles. The smallest absolute Gasteiger partial charge is 0.254 e. The summed E-state index contributed by atoms with van der Waals surface area (Å²) in [5.74, 6) is 1.57. The number of carbonyl (C=O) groups excluding carboxylic acids is 1. The van der Waals surface area contributed by atoms with E-state index in [1.807, 2.05) is 59.5 Å². The first-order chi connectivity index (χ1) is 11.1. The van der Waals surface area contributed by atoms with Crippen molar-refractivity contribution in [1.82, 2.24) is 9.80 Å². The van der Waals surface area contributed by atoms with E-state index < -0.39 is 0 Å². The number of likely N-dealkylation sites (tertiary alicyclic amines) is 2. The average Bonchev–Trinajstić information content (AvgIpc) is 2.50. The first kappa shape index (κ1) is 14.3. The molecular weight excluding hydrogens is 288 g/mol. The van der Waals surface area contributed by atoms with Crippen LogP contribution in [-0.2, 0) is 0 Å². The van der Waals surface area contributed by atoms with Crippen molar-refractivity contribution in [2.45, 2.75) is 0 Å². The van der Waals surface area contributed by atoms with Crippen LogP contribution in [0.5, 0.6) is 11.5 Å². The van der Waals surface area contributed by atoms with E-state index in [4.69, 9.17) is 4.74 Å². The molecule has 0 aliphatic carbocycles. The normalized spacial score (nSPS) is 19.1. The van der Waals surface area contributed by atoms with Crippen LogP contribution in [0, 0.1) is 5.41 Å². The third kappa shape index (κ3) is 2.70. The van der Waals surface area contributed by atoms with Crippen molar-refractivity contribution < 1.29 is 9.53 Å². The van der Waals surface area contributed by atoms with E-state index in [-0.39, 0.29) is 5.91 Å². The van der Waals surface area contributed by atoms with Gasteiger partial charge in [-0.15, -0.1) is 0 Å². The molecule has 2 aliphatic rings. The van der Waals surface area contributed by atoms with Crippen LogP contribution in [0.15, 0.2) is 54.6 Å². The van der Waals surface area contributed by atoms with Crippen molar-refractivity contribution in [3.8, 4) is 11.5 Å². The molecule has 0 atom stereocenters. The van der Waals surface area contributed by atoms with Crippen LogP contribution in [0.1, 0.15) is 10.4 Å². The number of amides is 1. The number of ether oxygens (including phenoxy) is 1. The maximum atomic E-state index is 12.6. The van der Waals surface area contributed by atoms with Gasteiger partial charge in [-0.1, -0.05) is 24.3 Å². The molecule has 0 bridgehead atoms. The molecule has 2 saturated heterocycles. The van der Waals surface area contributed by atoms with Gasteiger partial charge in [-0.25, -0.2) is 0 Å². The highest BCUT2D eigenvalue weighted by molar-refractivity contribution is 5.95. The summed E-state index contributed by atoms with van der Waals surface area (Å²) in [6, 6.07) is 17.1. The second kappa shape index (κ2) is 5.39. The van der Waals surface area contributed by atoms with Crippen molar-refractivity contribution in [2.24, 2.45) is 5.41 Å². The van der Waals surface area contributed by atoms with Crippen molar-refractivity contribution in [1.29, 1.82) is 0 Å². The predicted octanol–water partition coefficient (Wildman–Crippen LogP) is 2.87. The van der Waals surface area contributed by atoms with Crippen LogP contribution < -0.4 is 4.74 Å². The van der Waals surface area contributed by atoms with Crippen LogP contribution in [0.2, 0.25) is 0 Å². The Hall–Kier alpha value is -2.33. The van der Waals surface area contributed by atoms with Gasteiger partial charge in [0, 0.05) is 37.2 Å². The van der Waals surface area contributed by atoms with Crippen LogP contribution in [0.4, 0.5) is 0 Å². The van der Waals surface area contributed by atoms with Gasteiger partial charge in [0.25, 0.3) is 5.91 Å². The molecule has 1 spiro atoms. The lowest BCUT2D eigenvalue weighted by molar-refractivity contribution is -0.0872. The standard InChI is InChI=1S/C19H20N2O2/c1-20-11-19(12-20)13-21(14-19)18(22)15-6-5-9-17(10-15)23-16-7-3-2-4-8-16/h2-10H,11-14H2,1H3. The number of hydrogen-bond acceptors (Lipinski definition) is 3. The number of rotatable bonds is 3. The molecule has 4 heteroatoms. The summed E-state index contributed by atoms with van der Waals surface area (Å²) in [4.78, 5) is 16.8. The Morgan fingerprint density at radius 3 is 2.35 bits per heavy atom. The molecule has 2 heterocycles. The summed E-state index contributed by atoms with van der Waals surface area (Å²) in [6.07, 6.45) is 0. The molecule has 23 heavy (non-hydrogen) atoms. The summed E-state index contributed by atoms with van der Waals surface area (Å²) in [5.41, 5.74) is 1.06. The van der Waals surface area contributed by atoms with Gasteiger partial charge in [0.15, 0.2) is 0 Å². The summed E-state index contributed by atoms with van der Waals surface area (Å²) >= 11 is 0. The summed E-state index contributed by atoms with van der Waals surface area (Å²) in [7, 11) is 2.13. The zero-order valence-corrected chi connectivity index (χ0v) is 13.2. The van der Waals surface area contributed by atoms with E-state index in [1.54, 1.807) is 0 Å². The van der Waals surface area contributed by atoms with E-state index in [2.05, 4.69) is 11.9 Å². The number of carbonyl (C=O) groups is 1. The van der Waals surface area contributed by atoms with Crippen LogP contribution >= 0.6 is 0 Å². The Morgan fingerprint density at radius 2 is 1.65 bits per heavy atom. The Bertz CT molecular complexity index is 715. The van der Waals surface area contributed by atoms with Gasteiger partial charge >= 0.3 is 0 Å². The molecular formula is C19H20N2O2. The van der Waals surface area contributed by atoms with Gasteiger partial charge in [-0.3, -0.25) is 4.79 Å². The largest absolute Gasteiger partial charge is 0.457 e. The molecule has 2 fully saturated rings. The lowest BCUT2D eigenvalue weighted by atomic mass is 9.73. The molecule has 4 rings (SSSR count). The summed E-state index contributed by atoms with van der Waals surface area (Å²) < 4.78 is 5.81. The highest BCUT2D eigenvalue weighted by atomic mass is 16.5. The lowest BCUT2D eigenvalue weighted by Crippen LogP contribution is -2.71. The highest BCUT2D eigenvalue weighted by Crippen LogP contribution is 2.39. The van der Waals surface area contributed by atoms with E-state index in [1.165, 1.54) is 0 Å². The summed E-state index contributed by atoms with van der Waals surface area (Å²) in [6.45, 7) is 3.96. The maximum absolute atomic E-state index is 12.6. The monoisotopic (exact) mass is 308 g/mol. The zero-order chi connectivity index (χ0) is 15.9. The minimum atomic E-state index is 0.101. The maximum Gasteiger partial charge on any atom is 0.254 e. The minimum absolute atomic E-state index is 0.101. The van der Waals surface area contributed by atoms with Gasteiger partial charge in [0.2, 0.25) is 0 Å². The van der Waals surface area contributed by atoms with Gasteiger partial charge in [-0.2, -0.15) is 0 Å². The quantitative estimate of drug-likeness (QED) is 0.874. The van der Waals surface area contributed by atoms with E-state index in [0.29, 0.717) is 16.7 Å². The van der Waals surface area contributed by atoms with Crippen molar-refractivity contribution in [3.63, 3.8) is 0 Å². The second-order valence-corrected chi connectivity index (χ2v) is 6.78. The van der Waals surface area contributed by atoms with E-state index in [0.717, 1.165) is 31.9 Å². The number of para-hydroxylation sites is 1. The Morgan fingerprint density at radius 1 is 0.957 bits per heavy atom. The topological polar surface area (TPSA) is 32.8 Å². The number of benzene rings is 2. The molecule has 0 aromatic heterocycles. The van der Waals surface area contributed by atoms with Gasteiger partial charge in [0.1, 0.15) is 11.5 Å². The Balaban J connectivity index is 1.43. The molecule has 0 unspecified atom stereocenters. The van der Waals surface area contributed by atoms with Crippen molar-refractivity contribution >= 4 is 5.91 Å². The third-order valence-electron chi connectivity index (χ3n) is 4.61. The molecule has 4 nitrogen and oxygen atoms in total. The fraction of sp³-hybridized carbons (Fsp3) is 0.316. The first-order valence-corrected chi connectivity index (χ1v) is 7.94. The Kier molecular flexibility index (Phi) is 3.34. The van der Waals surface area contributed by atoms with Gasteiger partial charge < -0.3 is 14.5 Å². The SMILES string of the molecule is CN1CC2(C1)CN(C(=O)c1cccc(Oc3ccccc3)c1)C2. The van der Waals surface area contributed by atoms with E-state index in [9.17, 15) is 4.79 Å². The fourth-order valence-electron chi connectivity index (χ4n) is 3.71. The van der Waals surface area contributed by atoms with Crippen LogP contribution in [0.3, 0.4) is 0 Å². The van der Waals surface area contributed by atoms with Crippen molar-refractivity contribution in [3.05, 3.63) is 60.2 Å². The Labute approximate surface area is 136 Å². The third-order valence-corrected chi connectivity index (χ3v) is 4.61.